The lowest BCUT2D eigenvalue weighted by molar-refractivity contribution is -0.124. The second kappa shape index (κ2) is 4.87. The highest BCUT2D eigenvalue weighted by Gasteiger charge is 2.27. The van der Waals surface area contributed by atoms with Crippen molar-refractivity contribution in [2.24, 2.45) is 12.1 Å². The number of carbonyl (C=O) groups is 1. The van der Waals surface area contributed by atoms with Crippen molar-refractivity contribution in [2.75, 3.05) is 7.05 Å². The quantitative estimate of drug-likeness (QED) is 0.822. The fourth-order valence-corrected chi connectivity index (χ4v) is 2.17. The molecular formula is C13H18N4O2. The van der Waals surface area contributed by atoms with E-state index in [1.165, 1.54) is 9.69 Å². The summed E-state index contributed by atoms with van der Waals surface area (Å²) in [4.78, 5) is 24.1. The van der Waals surface area contributed by atoms with E-state index in [9.17, 15) is 9.59 Å². The largest absolute Gasteiger partial charge is 0.299 e. The maximum absolute atomic E-state index is 12.0. The predicted octanol–water partition coefficient (Wildman–Crippen LogP) is 0.897. The van der Waals surface area contributed by atoms with Crippen molar-refractivity contribution >= 4 is 17.7 Å². The molecule has 1 aliphatic heterocycles. The minimum Gasteiger partial charge on any atom is -0.299 e. The fraction of sp³-hybridized carbons (Fsp3) is 0.462. The second-order valence-corrected chi connectivity index (χ2v) is 4.51. The first-order valence-electron chi connectivity index (χ1n) is 6.35. The molecule has 0 aromatic carbocycles. The van der Waals surface area contributed by atoms with E-state index >= 15 is 0 Å². The first-order chi connectivity index (χ1) is 8.99. The number of aromatic nitrogens is 2. The number of hydrogen-bond acceptors (Lipinski definition) is 3. The van der Waals surface area contributed by atoms with E-state index in [1.807, 2.05) is 13.8 Å². The maximum atomic E-state index is 12.0. The van der Waals surface area contributed by atoms with Crippen molar-refractivity contribution in [3.8, 4) is 0 Å². The molecule has 2 heterocycles. The summed E-state index contributed by atoms with van der Waals surface area (Å²) in [6.45, 7) is 3.90. The Hall–Kier alpha value is -2.11. The number of amides is 1. The predicted molar refractivity (Wildman–Crippen MR) is 73.9 cm³/mol. The molecule has 0 unspecified atom stereocenters. The van der Waals surface area contributed by atoms with Crippen molar-refractivity contribution in [3.05, 3.63) is 27.2 Å². The molecule has 0 fully saturated rings. The molecule has 1 amide bonds. The maximum Gasteiger partial charge on any atom is 0.275 e. The zero-order chi connectivity index (χ0) is 14.2. The molecule has 0 atom stereocenters. The average molecular weight is 262 g/mol. The Balaban J connectivity index is 2.56. The highest BCUT2D eigenvalue weighted by atomic mass is 16.2. The zero-order valence-corrected chi connectivity index (χ0v) is 11.6. The lowest BCUT2D eigenvalue weighted by atomic mass is 10.0. The van der Waals surface area contributed by atoms with Gasteiger partial charge in [-0.3, -0.25) is 19.4 Å². The molecular weight excluding hydrogens is 244 g/mol. The molecule has 102 valence electrons. The van der Waals surface area contributed by atoms with Crippen LogP contribution in [0.1, 0.15) is 31.5 Å². The van der Waals surface area contributed by atoms with Crippen molar-refractivity contribution in [1.29, 1.82) is 0 Å². The highest BCUT2D eigenvalue weighted by molar-refractivity contribution is 6.27. The van der Waals surface area contributed by atoms with Crippen LogP contribution in [0.15, 0.2) is 15.5 Å². The molecule has 1 aromatic heterocycles. The van der Waals surface area contributed by atoms with Crippen LogP contribution in [0.5, 0.6) is 0 Å². The lowest BCUT2D eigenvalue weighted by Gasteiger charge is -2.01. The van der Waals surface area contributed by atoms with Crippen LogP contribution in [-0.2, 0) is 18.3 Å². The smallest absolute Gasteiger partial charge is 0.275 e. The number of aromatic amines is 1. The van der Waals surface area contributed by atoms with E-state index in [0.717, 1.165) is 11.4 Å². The van der Waals surface area contributed by atoms with Crippen molar-refractivity contribution in [3.63, 3.8) is 0 Å². The molecule has 0 saturated carbocycles. The third-order valence-electron chi connectivity index (χ3n) is 3.25. The summed E-state index contributed by atoms with van der Waals surface area (Å²) in [5, 5.41) is 8.47. The van der Waals surface area contributed by atoms with Crippen LogP contribution in [0, 0.1) is 0 Å². The Bertz CT molecular complexity index is 634. The van der Waals surface area contributed by atoms with E-state index in [1.54, 1.807) is 20.2 Å². The monoisotopic (exact) mass is 262 g/mol. The van der Waals surface area contributed by atoms with Crippen LogP contribution in [0.25, 0.3) is 6.08 Å². The Morgan fingerprint density at radius 1 is 1.21 bits per heavy atom. The van der Waals surface area contributed by atoms with Gasteiger partial charge in [-0.2, -0.15) is 5.10 Å². The number of carbonyl (C=O) groups excluding carboxylic acids is 1. The van der Waals surface area contributed by atoms with Crippen LogP contribution >= 0.6 is 0 Å². The summed E-state index contributed by atoms with van der Waals surface area (Å²) in [6.07, 6.45) is 3.03. The number of hydrazone groups is 1. The number of nitrogens with zero attached hydrogens (tertiary/aromatic N) is 3. The Kier molecular flexibility index (Phi) is 3.42. The van der Waals surface area contributed by atoms with Crippen LogP contribution in [0.4, 0.5) is 0 Å². The molecule has 0 saturated heterocycles. The standard InChI is InChI=1S/C13H18N4O2/c1-5-10-8(12(18)16(3)14-10)7-9-11(6-2)15-17(4)13(9)19/h7,14H,5-6H2,1-4H3/b9-7-. The fourth-order valence-electron chi connectivity index (χ4n) is 2.17. The molecule has 1 N–H and O–H groups in total. The average Bonchev–Trinajstić information content (AvgIpc) is 2.83. The third kappa shape index (κ3) is 2.14. The first-order valence-corrected chi connectivity index (χ1v) is 6.35. The van der Waals surface area contributed by atoms with Gasteiger partial charge in [0.05, 0.1) is 16.8 Å². The number of aryl methyl sites for hydroxylation is 2. The van der Waals surface area contributed by atoms with Crippen LogP contribution < -0.4 is 5.56 Å². The Labute approximate surface area is 111 Å². The summed E-state index contributed by atoms with van der Waals surface area (Å²) in [6, 6.07) is 0. The summed E-state index contributed by atoms with van der Waals surface area (Å²) in [5.41, 5.74) is 2.49. The normalized spacial score (nSPS) is 17.5. The SMILES string of the molecule is CCC1=NN(C)C(=O)/C1=C\c1c(CC)[nH]n(C)c1=O. The highest BCUT2D eigenvalue weighted by Crippen LogP contribution is 2.19. The van der Waals surface area contributed by atoms with Gasteiger partial charge in [0, 0.05) is 19.8 Å². The van der Waals surface area contributed by atoms with E-state index < -0.39 is 0 Å². The molecule has 0 radical (unpaired) electrons. The molecule has 6 nitrogen and oxygen atoms in total. The van der Waals surface area contributed by atoms with Gasteiger partial charge in [-0.15, -0.1) is 0 Å². The van der Waals surface area contributed by atoms with Gasteiger partial charge in [0.2, 0.25) is 0 Å². The summed E-state index contributed by atoms with van der Waals surface area (Å²) >= 11 is 0. The molecule has 0 spiro atoms. The van der Waals surface area contributed by atoms with Gasteiger partial charge in [-0.1, -0.05) is 13.8 Å². The van der Waals surface area contributed by atoms with Gasteiger partial charge in [0.15, 0.2) is 0 Å². The first kappa shape index (κ1) is 13.3. The van der Waals surface area contributed by atoms with E-state index in [0.29, 0.717) is 24.0 Å². The lowest BCUT2D eigenvalue weighted by Crippen LogP contribution is -2.18. The van der Waals surface area contributed by atoms with Gasteiger partial charge in [0.25, 0.3) is 11.5 Å². The van der Waals surface area contributed by atoms with Crippen LogP contribution in [0.3, 0.4) is 0 Å². The van der Waals surface area contributed by atoms with E-state index in [4.69, 9.17) is 0 Å². The Morgan fingerprint density at radius 3 is 2.47 bits per heavy atom. The molecule has 19 heavy (non-hydrogen) atoms. The molecule has 0 bridgehead atoms. The number of H-pyrrole nitrogens is 1. The molecule has 2 rings (SSSR count). The van der Waals surface area contributed by atoms with Gasteiger partial charge < -0.3 is 0 Å². The van der Waals surface area contributed by atoms with Gasteiger partial charge >= 0.3 is 0 Å². The molecule has 1 aromatic rings. The topological polar surface area (TPSA) is 70.5 Å². The van der Waals surface area contributed by atoms with Gasteiger partial charge in [-0.05, 0) is 18.9 Å². The van der Waals surface area contributed by atoms with Gasteiger partial charge in [0.1, 0.15) is 0 Å². The summed E-state index contributed by atoms with van der Waals surface area (Å²) < 4.78 is 1.43. The Morgan fingerprint density at radius 2 is 1.89 bits per heavy atom. The molecule has 6 heteroatoms. The number of rotatable bonds is 3. The van der Waals surface area contributed by atoms with E-state index in [2.05, 4.69) is 10.2 Å². The molecule has 0 aliphatic carbocycles. The summed E-state index contributed by atoms with van der Waals surface area (Å²) in [5.74, 6) is -0.165. The van der Waals surface area contributed by atoms with Crippen LogP contribution in [-0.4, -0.2) is 33.5 Å². The minimum absolute atomic E-state index is 0.123. The second-order valence-electron chi connectivity index (χ2n) is 4.51. The van der Waals surface area contributed by atoms with Crippen molar-refractivity contribution in [1.82, 2.24) is 14.8 Å². The minimum atomic E-state index is -0.165. The van der Waals surface area contributed by atoms with Crippen molar-refractivity contribution in [2.45, 2.75) is 26.7 Å². The van der Waals surface area contributed by atoms with Gasteiger partial charge in [-0.25, -0.2) is 5.01 Å². The third-order valence-corrected chi connectivity index (χ3v) is 3.25. The summed E-state index contributed by atoms with van der Waals surface area (Å²) in [7, 11) is 3.29. The number of likely N-dealkylation sites (N-methyl/N-ethyl adjacent to an activating group) is 1. The molecule has 1 aliphatic rings. The number of nitrogens with one attached hydrogen (secondary N) is 1. The zero-order valence-electron chi connectivity index (χ0n) is 11.6. The van der Waals surface area contributed by atoms with Crippen molar-refractivity contribution < 1.29 is 4.79 Å². The van der Waals surface area contributed by atoms with E-state index in [-0.39, 0.29) is 11.5 Å². The van der Waals surface area contributed by atoms with Crippen LogP contribution in [0.2, 0.25) is 0 Å². The number of hydrogen-bond donors (Lipinski definition) is 1.